The SMILES string of the molecule is COc1ccc2cc([C@@H]3CCOC(=O)N3)ccc2c1. The summed E-state index contributed by atoms with van der Waals surface area (Å²) in [5, 5.41) is 5.10. The average molecular weight is 257 g/mol. The summed E-state index contributed by atoms with van der Waals surface area (Å²) < 4.78 is 10.1. The second-order valence-corrected chi connectivity index (χ2v) is 4.59. The van der Waals surface area contributed by atoms with Crippen molar-refractivity contribution in [1.29, 1.82) is 0 Å². The predicted molar refractivity (Wildman–Crippen MR) is 72.3 cm³/mol. The minimum Gasteiger partial charge on any atom is -0.497 e. The Balaban J connectivity index is 1.95. The fraction of sp³-hybridized carbons (Fsp3) is 0.267. The topological polar surface area (TPSA) is 47.6 Å². The van der Waals surface area contributed by atoms with Gasteiger partial charge in [-0.2, -0.15) is 0 Å². The van der Waals surface area contributed by atoms with Gasteiger partial charge >= 0.3 is 6.09 Å². The highest BCUT2D eigenvalue weighted by Crippen LogP contribution is 2.26. The van der Waals surface area contributed by atoms with Gasteiger partial charge in [-0.3, -0.25) is 0 Å². The fourth-order valence-electron chi connectivity index (χ4n) is 2.36. The Hall–Kier alpha value is -2.23. The van der Waals surface area contributed by atoms with Crippen molar-refractivity contribution in [2.24, 2.45) is 0 Å². The summed E-state index contributed by atoms with van der Waals surface area (Å²) in [4.78, 5) is 11.2. The van der Waals surface area contributed by atoms with E-state index in [9.17, 15) is 4.79 Å². The standard InChI is InChI=1S/C15H15NO3/c1-18-13-5-4-10-8-12(3-2-11(10)9-13)14-6-7-19-15(17)16-14/h2-5,8-9,14H,6-7H2,1H3,(H,16,17)/t14-/m0/s1. The molecule has 2 aromatic carbocycles. The zero-order valence-electron chi connectivity index (χ0n) is 10.7. The molecule has 1 N–H and O–H groups in total. The van der Waals surface area contributed by atoms with Crippen LogP contribution < -0.4 is 10.1 Å². The summed E-state index contributed by atoms with van der Waals surface area (Å²) in [5.41, 5.74) is 1.11. The molecule has 19 heavy (non-hydrogen) atoms. The van der Waals surface area contributed by atoms with E-state index in [2.05, 4.69) is 17.4 Å². The number of alkyl carbamates (subject to hydrolysis) is 1. The van der Waals surface area contributed by atoms with Crippen molar-refractivity contribution >= 4 is 16.9 Å². The molecule has 0 aromatic heterocycles. The van der Waals surface area contributed by atoms with Gasteiger partial charge in [0.05, 0.1) is 19.8 Å². The lowest BCUT2D eigenvalue weighted by molar-refractivity contribution is 0.115. The maximum absolute atomic E-state index is 11.2. The number of carbonyl (C=O) groups is 1. The number of methoxy groups -OCH3 is 1. The molecular formula is C15H15NO3. The number of benzene rings is 2. The smallest absolute Gasteiger partial charge is 0.407 e. The number of carbonyl (C=O) groups excluding carboxylic acids is 1. The van der Waals surface area contributed by atoms with Crippen LogP contribution in [-0.2, 0) is 4.74 Å². The molecule has 1 fully saturated rings. The molecule has 0 aliphatic carbocycles. The van der Waals surface area contributed by atoms with Crippen LogP contribution in [-0.4, -0.2) is 19.8 Å². The first kappa shape index (κ1) is 11.8. The Kier molecular flexibility index (Phi) is 2.99. The summed E-state index contributed by atoms with van der Waals surface area (Å²) in [5.74, 6) is 0.847. The lowest BCUT2D eigenvalue weighted by Crippen LogP contribution is -2.35. The Morgan fingerprint density at radius 3 is 2.79 bits per heavy atom. The monoisotopic (exact) mass is 257 g/mol. The van der Waals surface area contributed by atoms with E-state index >= 15 is 0 Å². The molecule has 1 amide bonds. The van der Waals surface area contributed by atoms with Gasteiger partial charge in [-0.05, 0) is 34.5 Å². The summed E-state index contributed by atoms with van der Waals surface area (Å²) in [6.07, 6.45) is 0.457. The van der Waals surface area contributed by atoms with E-state index in [1.165, 1.54) is 0 Å². The minimum atomic E-state index is -0.342. The third-order valence-corrected chi connectivity index (χ3v) is 3.41. The van der Waals surface area contributed by atoms with Gasteiger partial charge in [-0.1, -0.05) is 18.2 Å². The molecule has 1 aliphatic rings. The zero-order chi connectivity index (χ0) is 13.2. The van der Waals surface area contributed by atoms with Gasteiger partial charge in [0.15, 0.2) is 0 Å². The normalized spacial score (nSPS) is 18.8. The molecule has 0 unspecified atom stereocenters. The van der Waals surface area contributed by atoms with E-state index in [0.717, 1.165) is 28.5 Å². The lowest BCUT2D eigenvalue weighted by Gasteiger charge is -2.23. The van der Waals surface area contributed by atoms with E-state index in [-0.39, 0.29) is 12.1 Å². The van der Waals surface area contributed by atoms with Crippen molar-refractivity contribution in [3.05, 3.63) is 42.0 Å². The van der Waals surface area contributed by atoms with Crippen molar-refractivity contribution in [2.45, 2.75) is 12.5 Å². The lowest BCUT2D eigenvalue weighted by atomic mass is 9.99. The van der Waals surface area contributed by atoms with Crippen LogP contribution in [0.5, 0.6) is 5.75 Å². The van der Waals surface area contributed by atoms with Crippen LogP contribution in [0.15, 0.2) is 36.4 Å². The summed E-state index contributed by atoms with van der Waals surface area (Å²) in [6, 6.07) is 12.2. The van der Waals surface area contributed by atoms with Crippen LogP contribution in [0.3, 0.4) is 0 Å². The molecule has 1 aliphatic heterocycles. The molecule has 0 spiro atoms. The third kappa shape index (κ3) is 2.34. The molecule has 4 nitrogen and oxygen atoms in total. The largest absolute Gasteiger partial charge is 0.497 e. The second-order valence-electron chi connectivity index (χ2n) is 4.59. The van der Waals surface area contributed by atoms with Gasteiger partial charge in [0.1, 0.15) is 5.75 Å². The molecule has 0 radical (unpaired) electrons. The van der Waals surface area contributed by atoms with E-state index in [0.29, 0.717) is 6.61 Å². The second kappa shape index (κ2) is 4.80. The van der Waals surface area contributed by atoms with E-state index in [1.807, 2.05) is 24.3 Å². The minimum absolute atomic E-state index is 0.0350. The maximum atomic E-state index is 11.2. The first-order valence-corrected chi connectivity index (χ1v) is 6.27. The van der Waals surface area contributed by atoms with Gasteiger partial charge in [-0.15, -0.1) is 0 Å². The number of fused-ring (bicyclic) bond motifs is 1. The van der Waals surface area contributed by atoms with Crippen molar-refractivity contribution < 1.29 is 14.3 Å². The van der Waals surface area contributed by atoms with E-state index in [1.54, 1.807) is 7.11 Å². The highest BCUT2D eigenvalue weighted by molar-refractivity contribution is 5.84. The zero-order valence-corrected chi connectivity index (χ0v) is 10.7. The van der Waals surface area contributed by atoms with Crippen LogP contribution in [0.4, 0.5) is 4.79 Å². The van der Waals surface area contributed by atoms with Crippen molar-refractivity contribution in [3.8, 4) is 5.75 Å². The molecule has 98 valence electrons. The van der Waals surface area contributed by atoms with Gasteiger partial charge in [-0.25, -0.2) is 4.79 Å². The summed E-state index contributed by atoms with van der Waals surface area (Å²) >= 11 is 0. The number of ether oxygens (including phenoxy) is 2. The number of cyclic esters (lactones) is 1. The van der Waals surface area contributed by atoms with Gasteiger partial charge in [0, 0.05) is 6.42 Å². The molecule has 4 heteroatoms. The summed E-state index contributed by atoms with van der Waals surface area (Å²) in [6.45, 7) is 0.469. The van der Waals surface area contributed by atoms with Crippen LogP contribution in [0.2, 0.25) is 0 Å². The van der Waals surface area contributed by atoms with Gasteiger partial charge < -0.3 is 14.8 Å². The molecular weight excluding hydrogens is 242 g/mol. The molecule has 0 saturated carbocycles. The molecule has 1 heterocycles. The highest BCUT2D eigenvalue weighted by atomic mass is 16.5. The van der Waals surface area contributed by atoms with E-state index < -0.39 is 0 Å². The summed E-state index contributed by atoms with van der Waals surface area (Å²) in [7, 11) is 1.66. The Labute approximate surface area is 111 Å². The van der Waals surface area contributed by atoms with Gasteiger partial charge in [0.25, 0.3) is 0 Å². The van der Waals surface area contributed by atoms with Crippen molar-refractivity contribution in [3.63, 3.8) is 0 Å². The van der Waals surface area contributed by atoms with Crippen molar-refractivity contribution in [2.75, 3.05) is 13.7 Å². The number of nitrogens with one attached hydrogen (secondary N) is 1. The highest BCUT2D eigenvalue weighted by Gasteiger charge is 2.20. The number of rotatable bonds is 2. The van der Waals surface area contributed by atoms with Crippen LogP contribution in [0, 0.1) is 0 Å². The first-order chi connectivity index (χ1) is 9.26. The Morgan fingerprint density at radius 2 is 2.00 bits per heavy atom. The Morgan fingerprint density at radius 1 is 1.21 bits per heavy atom. The maximum Gasteiger partial charge on any atom is 0.407 e. The van der Waals surface area contributed by atoms with Crippen LogP contribution in [0.25, 0.3) is 10.8 Å². The van der Waals surface area contributed by atoms with Crippen LogP contribution >= 0.6 is 0 Å². The molecule has 0 bridgehead atoms. The average Bonchev–Trinajstić information content (AvgIpc) is 2.46. The molecule has 1 atom stereocenters. The van der Waals surface area contributed by atoms with Gasteiger partial charge in [0.2, 0.25) is 0 Å². The molecule has 1 saturated heterocycles. The van der Waals surface area contributed by atoms with Crippen molar-refractivity contribution in [1.82, 2.24) is 5.32 Å². The van der Waals surface area contributed by atoms with Crippen LogP contribution in [0.1, 0.15) is 18.0 Å². The molecule has 3 rings (SSSR count). The third-order valence-electron chi connectivity index (χ3n) is 3.41. The quantitative estimate of drug-likeness (QED) is 0.899. The predicted octanol–water partition coefficient (Wildman–Crippen LogP) is 3.02. The number of hydrogen-bond acceptors (Lipinski definition) is 3. The first-order valence-electron chi connectivity index (χ1n) is 6.27. The molecule has 2 aromatic rings. The van der Waals surface area contributed by atoms with E-state index in [4.69, 9.17) is 9.47 Å². The number of hydrogen-bond donors (Lipinski definition) is 1. The Bertz CT molecular complexity index is 624. The number of amides is 1. The fourth-order valence-corrected chi connectivity index (χ4v) is 2.36.